The molecule has 0 radical (unpaired) electrons. The molecule has 1 aliphatic rings. The normalized spacial score (nSPS) is 15.0. The Bertz CT molecular complexity index is 965. The monoisotopic (exact) mass is 401 g/mol. The lowest BCUT2D eigenvalue weighted by molar-refractivity contribution is 0.0909. The summed E-state index contributed by atoms with van der Waals surface area (Å²) in [5.41, 5.74) is 3.94. The van der Waals surface area contributed by atoms with Crippen molar-refractivity contribution in [3.05, 3.63) is 84.1 Å². The first-order valence-electron chi connectivity index (χ1n) is 10.4. The largest absolute Gasteiger partial charge is 0.481 e. The van der Waals surface area contributed by atoms with Crippen molar-refractivity contribution in [3.63, 3.8) is 0 Å². The van der Waals surface area contributed by atoms with Gasteiger partial charge < -0.3 is 10.1 Å². The number of ether oxygens (including phenoxy) is 1. The number of nitrogens with zero attached hydrogens (tertiary/aromatic N) is 2. The summed E-state index contributed by atoms with van der Waals surface area (Å²) < 4.78 is 5.11. The van der Waals surface area contributed by atoms with Crippen molar-refractivity contribution in [3.8, 4) is 17.0 Å². The van der Waals surface area contributed by atoms with Crippen molar-refractivity contribution in [1.29, 1.82) is 0 Å². The highest BCUT2D eigenvalue weighted by Crippen LogP contribution is 2.22. The van der Waals surface area contributed by atoms with Crippen molar-refractivity contribution < 1.29 is 9.53 Å². The molecule has 1 fully saturated rings. The lowest BCUT2D eigenvalue weighted by Gasteiger charge is -2.32. The molecule has 1 amide bonds. The van der Waals surface area contributed by atoms with Gasteiger partial charge >= 0.3 is 0 Å². The molecule has 5 heteroatoms. The Kier molecular flexibility index (Phi) is 6.40. The number of piperidine rings is 1. The number of hydrogen-bond donors (Lipinski definition) is 1. The molecule has 30 heavy (non-hydrogen) atoms. The van der Waals surface area contributed by atoms with E-state index in [9.17, 15) is 4.79 Å². The van der Waals surface area contributed by atoms with Crippen LogP contribution in [0.2, 0.25) is 0 Å². The molecule has 0 unspecified atom stereocenters. The van der Waals surface area contributed by atoms with Crippen LogP contribution in [0.3, 0.4) is 0 Å². The first-order chi connectivity index (χ1) is 14.7. The molecular weight excluding hydrogens is 374 g/mol. The summed E-state index contributed by atoms with van der Waals surface area (Å²) in [4.78, 5) is 19.5. The van der Waals surface area contributed by atoms with Gasteiger partial charge in [-0.25, -0.2) is 4.98 Å². The smallest absolute Gasteiger partial charge is 0.251 e. The van der Waals surface area contributed by atoms with Crippen molar-refractivity contribution in [2.24, 2.45) is 0 Å². The van der Waals surface area contributed by atoms with Crippen LogP contribution in [0.15, 0.2) is 72.9 Å². The summed E-state index contributed by atoms with van der Waals surface area (Å²) in [5.74, 6) is 0.561. The van der Waals surface area contributed by atoms with Gasteiger partial charge in [-0.05, 0) is 42.2 Å². The van der Waals surface area contributed by atoms with Gasteiger partial charge in [0, 0.05) is 49.1 Å². The molecule has 2 aromatic carbocycles. The number of hydrogen-bond acceptors (Lipinski definition) is 4. The average molecular weight is 402 g/mol. The Labute approximate surface area is 177 Å². The van der Waals surface area contributed by atoms with E-state index in [2.05, 4.69) is 39.5 Å². The summed E-state index contributed by atoms with van der Waals surface area (Å²) >= 11 is 0. The predicted octanol–water partition coefficient (Wildman–Crippen LogP) is 4.15. The lowest BCUT2D eigenvalue weighted by Crippen LogP contribution is -2.44. The second-order valence-corrected chi connectivity index (χ2v) is 7.68. The minimum Gasteiger partial charge on any atom is -0.481 e. The number of methoxy groups -OCH3 is 1. The molecule has 1 aliphatic heterocycles. The standard InChI is InChI=1S/C25H27N3O2/c1-30-24-11-10-22(17-26-24)20-8-5-9-21(16-20)25(29)27-23-12-14-28(15-13-23)18-19-6-3-2-4-7-19/h2-11,16-17,23H,12-15,18H2,1H3,(H,27,29). The zero-order chi connectivity index (χ0) is 20.8. The Hall–Kier alpha value is -3.18. The van der Waals surface area contributed by atoms with E-state index in [4.69, 9.17) is 4.74 Å². The number of aromatic nitrogens is 1. The van der Waals surface area contributed by atoms with Crippen LogP contribution < -0.4 is 10.1 Å². The SMILES string of the molecule is COc1ccc(-c2cccc(C(=O)NC3CCN(Cc4ccccc4)CC3)c2)cn1. The zero-order valence-electron chi connectivity index (χ0n) is 17.3. The molecule has 5 nitrogen and oxygen atoms in total. The fourth-order valence-corrected chi connectivity index (χ4v) is 3.86. The van der Waals surface area contributed by atoms with Crippen LogP contribution in [0.25, 0.3) is 11.1 Å². The molecule has 0 aliphatic carbocycles. The molecular formula is C25H27N3O2. The van der Waals surface area contributed by atoms with E-state index in [0.29, 0.717) is 11.4 Å². The molecule has 0 atom stereocenters. The molecule has 0 spiro atoms. The average Bonchev–Trinajstić information content (AvgIpc) is 2.81. The third kappa shape index (κ3) is 5.05. The minimum atomic E-state index is -0.0140. The first kappa shape index (κ1) is 20.1. The summed E-state index contributed by atoms with van der Waals surface area (Å²) in [6.45, 7) is 2.97. The quantitative estimate of drug-likeness (QED) is 0.674. The van der Waals surface area contributed by atoms with E-state index >= 15 is 0 Å². The third-order valence-corrected chi connectivity index (χ3v) is 5.58. The molecule has 1 N–H and O–H groups in total. The number of pyridine rings is 1. The van der Waals surface area contributed by atoms with Gasteiger partial charge in [0.25, 0.3) is 5.91 Å². The van der Waals surface area contributed by atoms with Crippen molar-refractivity contribution in [2.45, 2.75) is 25.4 Å². The first-order valence-corrected chi connectivity index (χ1v) is 10.4. The maximum Gasteiger partial charge on any atom is 0.251 e. The number of nitrogens with one attached hydrogen (secondary N) is 1. The fourth-order valence-electron chi connectivity index (χ4n) is 3.86. The topological polar surface area (TPSA) is 54.5 Å². The van der Waals surface area contributed by atoms with Gasteiger partial charge in [0.15, 0.2) is 0 Å². The summed E-state index contributed by atoms with van der Waals surface area (Å²) in [5, 5.41) is 3.22. The summed E-state index contributed by atoms with van der Waals surface area (Å²) in [7, 11) is 1.60. The van der Waals surface area contributed by atoms with E-state index < -0.39 is 0 Å². The van der Waals surface area contributed by atoms with Crippen LogP contribution in [0, 0.1) is 0 Å². The van der Waals surface area contributed by atoms with Crippen molar-refractivity contribution in [1.82, 2.24) is 15.2 Å². The van der Waals surface area contributed by atoms with E-state index in [1.807, 2.05) is 42.5 Å². The number of carbonyl (C=O) groups excluding carboxylic acids is 1. The summed E-state index contributed by atoms with van der Waals surface area (Å²) in [6.07, 6.45) is 3.71. The summed E-state index contributed by atoms with van der Waals surface area (Å²) in [6, 6.07) is 22.2. The number of likely N-dealkylation sites (tertiary alicyclic amines) is 1. The highest BCUT2D eigenvalue weighted by atomic mass is 16.5. The third-order valence-electron chi connectivity index (χ3n) is 5.58. The van der Waals surface area contributed by atoms with Crippen LogP contribution >= 0.6 is 0 Å². The van der Waals surface area contributed by atoms with Gasteiger partial charge in [-0.2, -0.15) is 0 Å². The van der Waals surface area contributed by atoms with Crippen LogP contribution in [-0.2, 0) is 6.54 Å². The van der Waals surface area contributed by atoms with Gasteiger partial charge in [0.2, 0.25) is 5.88 Å². The molecule has 4 rings (SSSR count). The van der Waals surface area contributed by atoms with Crippen molar-refractivity contribution in [2.75, 3.05) is 20.2 Å². The van der Waals surface area contributed by atoms with Gasteiger partial charge in [0.1, 0.15) is 0 Å². The van der Waals surface area contributed by atoms with Crippen LogP contribution in [0.1, 0.15) is 28.8 Å². The molecule has 0 bridgehead atoms. The van der Waals surface area contributed by atoms with Crippen LogP contribution in [0.4, 0.5) is 0 Å². The highest BCUT2D eigenvalue weighted by Gasteiger charge is 2.21. The lowest BCUT2D eigenvalue weighted by atomic mass is 10.0. The van der Waals surface area contributed by atoms with Crippen LogP contribution in [0.5, 0.6) is 5.88 Å². The van der Waals surface area contributed by atoms with E-state index in [0.717, 1.165) is 43.6 Å². The van der Waals surface area contributed by atoms with E-state index in [1.54, 1.807) is 13.3 Å². The minimum absolute atomic E-state index is 0.0140. The molecule has 1 saturated heterocycles. The Balaban J connectivity index is 1.33. The van der Waals surface area contributed by atoms with Gasteiger partial charge in [-0.15, -0.1) is 0 Å². The van der Waals surface area contributed by atoms with Crippen molar-refractivity contribution >= 4 is 5.91 Å². The maximum absolute atomic E-state index is 12.8. The fraction of sp³-hybridized carbons (Fsp3) is 0.280. The molecule has 1 aromatic heterocycles. The highest BCUT2D eigenvalue weighted by molar-refractivity contribution is 5.95. The molecule has 3 aromatic rings. The van der Waals surface area contributed by atoms with E-state index in [1.165, 1.54) is 5.56 Å². The Morgan fingerprint density at radius 2 is 1.83 bits per heavy atom. The Morgan fingerprint density at radius 3 is 2.53 bits per heavy atom. The van der Waals surface area contributed by atoms with Gasteiger partial charge in [-0.3, -0.25) is 9.69 Å². The zero-order valence-corrected chi connectivity index (χ0v) is 17.3. The molecule has 0 saturated carbocycles. The number of amides is 1. The molecule has 2 heterocycles. The molecule has 154 valence electrons. The maximum atomic E-state index is 12.8. The Morgan fingerprint density at radius 1 is 1.03 bits per heavy atom. The predicted molar refractivity (Wildman–Crippen MR) is 118 cm³/mol. The number of carbonyl (C=O) groups is 1. The second kappa shape index (κ2) is 9.55. The van der Waals surface area contributed by atoms with Crippen LogP contribution in [-0.4, -0.2) is 42.0 Å². The van der Waals surface area contributed by atoms with E-state index in [-0.39, 0.29) is 11.9 Å². The van der Waals surface area contributed by atoms with Gasteiger partial charge in [0.05, 0.1) is 7.11 Å². The second-order valence-electron chi connectivity index (χ2n) is 7.68. The number of benzene rings is 2. The number of rotatable bonds is 6. The van der Waals surface area contributed by atoms with Gasteiger partial charge in [-0.1, -0.05) is 42.5 Å².